The molecule has 7 nitrogen and oxygen atoms in total. The van der Waals surface area contributed by atoms with E-state index in [0.717, 1.165) is 73.3 Å². The number of nitrogens with one attached hydrogen (secondary N) is 1. The van der Waals surface area contributed by atoms with Gasteiger partial charge in [-0.05, 0) is 51.7 Å². The number of fused-ring (bicyclic) bond motifs is 1. The molecule has 7 heteroatoms. The fraction of sp³-hybridized carbons (Fsp3) is 0.545. The molecular formula is C22H30N6O. The first-order valence-corrected chi connectivity index (χ1v) is 10.7. The van der Waals surface area contributed by atoms with E-state index in [0.29, 0.717) is 18.0 Å². The minimum Gasteiger partial charge on any atom is -0.352 e. The molecule has 0 aromatic carbocycles. The van der Waals surface area contributed by atoms with Crippen molar-refractivity contribution in [1.29, 1.82) is 0 Å². The smallest absolute Gasteiger partial charge is 0.252 e. The fourth-order valence-electron chi connectivity index (χ4n) is 3.76. The molecule has 0 unspecified atom stereocenters. The van der Waals surface area contributed by atoms with E-state index in [1.54, 1.807) is 6.20 Å². The molecule has 0 bridgehead atoms. The Morgan fingerprint density at radius 2 is 2.00 bits per heavy atom. The Morgan fingerprint density at radius 1 is 1.21 bits per heavy atom. The van der Waals surface area contributed by atoms with E-state index in [1.165, 1.54) is 0 Å². The molecule has 0 aliphatic heterocycles. The minimum absolute atomic E-state index is 0.0328. The zero-order chi connectivity index (χ0) is 20.4. The highest BCUT2D eigenvalue weighted by Gasteiger charge is 2.28. The summed E-state index contributed by atoms with van der Waals surface area (Å²) in [5.41, 5.74) is 4.62. The maximum absolute atomic E-state index is 13.1. The topological polar surface area (TPSA) is 77.6 Å². The van der Waals surface area contributed by atoms with Crippen molar-refractivity contribution in [2.75, 3.05) is 6.54 Å². The number of nitrogens with zero attached hydrogens (tertiary/aromatic N) is 5. The summed E-state index contributed by atoms with van der Waals surface area (Å²) in [5, 5.41) is 13.0. The number of pyridine rings is 1. The quantitative estimate of drug-likeness (QED) is 0.561. The SMILES string of the molecule is CCCCn1nc(C)c2c(C(=O)NCCCn3nccc3C)cc(C3CC3)nc21. The third kappa shape index (κ3) is 4.18. The van der Waals surface area contributed by atoms with Gasteiger partial charge in [-0.2, -0.15) is 10.2 Å². The maximum Gasteiger partial charge on any atom is 0.252 e. The van der Waals surface area contributed by atoms with Gasteiger partial charge in [-0.25, -0.2) is 9.67 Å². The summed E-state index contributed by atoms with van der Waals surface area (Å²) >= 11 is 0. The van der Waals surface area contributed by atoms with Gasteiger partial charge in [0.15, 0.2) is 5.65 Å². The normalized spacial score (nSPS) is 13.9. The predicted octanol–water partition coefficient (Wildman–Crippen LogP) is 3.74. The van der Waals surface area contributed by atoms with Gasteiger partial charge >= 0.3 is 0 Å². The lowest BCUT2D eigenvalue weighted by atomic mass is 10.1. The second-order valence-corrected chi connectivity index (χ2v) is 8.03. The lowest BCUT2D eigenvalue weighted by Gasteiger charge is -2.10. The summed E-state index contributed by atoms with van der Waals surface area (Å²) in [4.78, 5) is 18.0. The van der Waals surface area contributed by atoms with Crippen LogP contribution < -0.4 is 5.32 Å². The molecule has 29 heavy (non-hydrogen) atoms. The molecule has 3 heterocycles. The zero-order valence-corrected chi connectivity index (χ0v) is 17.6. The number of hydrogen-bond donors (Lipinski definition) is 1. The molecule has 4 rings (SSSR count). The number of unbranched alkanes of at least 4 members (excludes halogenated alkanes) is 1. The number of carbonyl (C=O) groups is 1. The number of carbonyl (C=O) groups excluding carboxylic acids is 1. The Kier molecular flexibility index (Phi) is 5.65. The van der Waals surface area contributed by atoms with Crippen molar-refractivity contribution in [2.24, 2.45) is 0 Å². The molecule has 1 amide bonds. The Labute approximate surface area is 171 Å². The first kappa shape index (κ1) is 19.6. The Hall–Kier alpha value is -2.70. The van der Waals surface area contributed by atoms with Gasteiger partial charge in [0, 0.05) is 43.1 Å². The van der Waals surface area contributed by atoms with E-state index in [-0.39, 0.29) is 5.91 Å². The number of aryl methyl sites for hydroxylation is 4. The molecule has 0 atom stereocenters. The van der Waals surface area contributed by atoms with Gasteiger partial charge in [0.1, 0.15) is 0 Å². The van der Waals surface area contributed by atoms with E-state index in [4.69, 9.17) is 10.1 Å². The van der Waals surface area contributed by atoms with Crippen LogP contribution in [0.5, 0.6) is 0 Å². The van der Waals surface area contributed by atoms with E-state index >= 15 is 0 Å². The lowest BCUT2D eigenvalue weighted by Crippen LogP contribution is -2.26. The van der Waals surface area contributed by atoms with Crippen molar-refractivity contribution in [1.82, 2.24) is 29.9 Å². The van der Waals surface area contributed by atoms with Gasteiger partial charge in [-0.3, -0.25) is 9.48 Å². The van der Waals surface area contributed by atoms with Crippen molar-refractivity contribution in [3.05, 3.63) is 41.0 Å². The minimum atomic E-state index is -0.0328. The van der Waals surface area contributed by atoms with Crippen molar-refractivity contribution < 1.29 is 4.79 Å². The summed E-state index contributed by atoms with van der Waals surface area (Å²) in [7, 11) is 0. The Bertz CT molecular complexity index is 1010. The zero-order valence-electron chi connectivity index (χ0n) is 17.6. The van der Waals surface area contributed by atoms with Crippen LogP contribution in [0.3, 0.4) is 0 Å². The maximum atomic E-state index is 13.1. The molecule has 3 aromatic heterocycles. The Morgan fingerprint density at radius 3 is 2.69 bits per heavy atom. The standard InChI is InChI=1S/C22H30N6O/c1-4-5-12-28-21-20(16(3)26-28)18(14-19(25-21)17-7-8-17)22(29)23-10-6-13-27-15(2)9-11-24-27/h9,11,14,17H,4-8,10,12-13H2,1-3H3,(H,23,29). The molecule has 1 aliphatic carbocycles. The first-order valence-electron chi connectivity index (χ1n) is 10.7. The van der Waals surface area contributed by atoms with E-state index in [9.17, 15) is 4.79 Å². The van der Waals surface area contributed by atoms with Crippen molar-refractivity contribution >= 4 is 16.9 Å². The molecule has 1 N–H and O–H groups in total. The molecule has 1 fully saturated rings. The molecule has 0 saturated heterocycles. The summed E-state index contributed by atoms with van der Waals surface area (Å²) in [5.74, 6) is 0.457. The largest absolute Gasteiger partial charge is 0.352 e. The first-order chi connectivity index (χ1) is 14.1. The van der Waals surface area contributed by atoms with E-state index in [1.807, 2.05) is 35.3 Å². The summed E-state index contributed by atoms with van der Waals surface area (Å²) < 4.78 is 3.95. The third-order valence-electron chi connectivity index (χ3n) is 5.62. The second kappa shape index (κ2) is 8.35. The van der Waals surface area contributed by atoms with Crippen LogP contribution in [0, 0.1) is 13.8 Å². The predicted molar refractivity (Wildman–Crippen MR) is 113 cm³/mol. The summed E-state index contributed by atoms with van der Waals surface area (Å²) in [6.07, 6.45) is 7.12. The number of aromatic nitrogens is 5. The van der Waals surface area contributed by atoms with Crippen LogP contribution in [0.15, 0.2) is 18.3 Å². The van der Waals surface area contributed by atoms with Crippen LogP contribution in [0.1, 0.15) is 72.4 Å². The summed E-state index contributed by atoms with van der Waals surface area (Å²) in [6.45, 7) is 8.44. The van der Waals surface area contributed by atoms with Gasteiger partial charge in [-0.15, -0.1) is 0 Å². The van der Waals surface area contributed by atoms with Crippen LogP contribution in [0.25, 0.3) is 11.0 Å². The van der Waals surface area contributed by atoms with Gasteiger partial charge < -0.3 is 5.32 Å². The molecule has 0 radical (unpaired) electrons. The molecular weight excluding hydrogens is 364 g/mol. The van der Waals surface area contributed by atoms with Crippen molar-refractivity contribution in [2.45, 2.75) is 71.9 Å². The highest BCUT2D eigenvalue weighted by Crippen LogP contribution is 2.40. The Balaban J connectivity index is 1.54. The van der Waals surface area contributed by atoms with Crippen molar-refractivity contribution in [3.8, 4) is 0 Å². The van der Waals surface area contributed by atoms with Gasteiger partial charge in [0.05, 0.1) is 16.6 Å². The molecule has 3 aromatic rings. The molecule has 0 spiro atoms. The fourth-order valence-corrected chi connectivity index (χ4v) is 3.76. The van der Waals surface area contributed by atoms with Gasteiger partial charge in [0.25, 0.3) is 5.91 Å². The highest BCUT2D eigenvalue weighted by atomic mass is 16.1. The molecule has 1 aliphatic rings. The molecule has 154 valence electrons. The van der Waals surface area contributed by atoms with Crippen LogP contribution in [0.2, 0.25) is 0 Å². The highest BCUT2D eigenvalue weighted by molar-refractivity contribution is 6.06. The lowest BCUT2D eigenvalue weighted by molar-refractivity contribution is 0.0954. The van der Waals surface area contributed by atoms with Gasteiger partial charge in [0.2, 0.25) is 0 Å². The van der Waals surface area contributed by atoms with Gasteiger partial charge in [-0.1, -0.05) is 13.3 Å². The van der Waals surface area contributed by atoms with Crippen LogP contribution >= 0.6 is 0 Å². The van der Waals surface area contributed by atoms with Crippen LogP contribution in [-0.4, -0.2) is 37.0 Å². The monoisotopic (exact) mass is 394 g/mol. The second-order valence-electron chi connectivity index (χ2n) is 8.03. The number of hydrogen-bond acceptors (Lipinski definition) is 4. The summed E-state index contributed by atoms with van der Waals surface area (Å²) in [6, 6.07) is 3.98. The third-order valence-corrected chi connectivity index (χ3v) is 5.62. The van der Waals surface area contributed by atoms with Crippen LogP contribution in [0.4, 0.5) is 0 Å². The number of amides is 1. The van der Waals surface area contributed by atoms with E-state index < -0.39 is 0 Å². The molecule has 1 saturated carbocycles. The average molecular weight is 395 g/mol. The van der Waals surface area contributed by atoms with E-state index in [2.05, 4.69) is 17.3 Å². The van der Waals surface area contributed by atoms with Crippen LogP contribution in [-0.2, 0) is 13.1 Å². The van der Waals surface area contributed by atoms with Crippen molar-refractivity contribution in [3.63, 3.8) is 0 Å². The average Bonchev–Trinajstić information content (AvgIpc) is 3.42. The number of rotatable bonds is 9.